The van der Waals surface area contributed by atoms with Crippen LogP contribution < -0.4 is 19.5 Å². The maximum atomic E-state index is 14.3. The number of carbonyl (C=O) groups is 1. The Morgan fingerprint density at radius 3 is 2.43 bits per heavy atom. The van der Waals surface area contributed by atoms with Gasteiger partial charge in [-0.2, -0.15) is 0 Å². The topological polar surface area (TPSA) is 114 Å². The third-order valence-electron chi connectivity index (χ3n) is 5.12. The minimum absolute atomic E-state index is 0.0110. The fourth-order valence-corrected chi connectivity index (χ4v) is 4.51. The van der Waals surface area contributed by atoms with E-state index >= 15 is 0 Å². The monoisotopic (exact) mass is 522 g/mol. The maximum absolute atomic E-state index is 14.3. The van der Waals surface area contributed by atoms with Crippen LogP contribution in [0.1, 0.15) is 22.8 Å². The Hall–Kier alpha value is -3.18. The Morgan fingerprint density at radius 1 is 1.03 bits per heavy atom. The molecule has 0 spiro atoms. The Morgan fingerprint density at radius 2 is 1.74 bits per heavy atom. The summed E-state index contributed by atoms with van der Waals surface area (Å²) in [5.74, 6) is -0.774. The average molecular weight is 523 g/mol. The van der Waals surface area contributed by atoms with Crippen LogP contribution in [-0.4, -0.2) is 40.2 Å². The highest BCUT2D eigenvalue weighted by atomic mass is 35.5. The molecule has 0 heterocycles. The van der Waals surface area contributed by atoms with E-state index in [0.29, 0.717) is 5.75 Å². The van der Waals surface area contributed by atoms with Crippen LogP contribution in [-0.2, 0) is 14.8 Å². The molecule has 186 valence electrons. The summed E-state index contributed by atoms with van der Waals surface area (Å²) in [6.07, 6.45) is -1.42. The lowest BCUT2D eigenvalue weighted by molar-refractivity contribution is -0.115. The van der Waals surface area contributed by atoms with Crippen molar-refractivity contribution in [3.63, 3.8) is 0 Å². The summed E-state index contributed by atoms with van der Waals surface area (Å²) < 4.78 is 52.1. The number of aliphatic hydroxyl groups is 1. The molecule has 0 saturated heterocycles. The van der Waals surface area contributed by atoms with E-state index in [1.165, 1.54) is 62.8 Å². The van der Waals surface area contributed by atoms with Crippen LogP contribution in [0, 0.1) is 12.7 Å². The second-order valence-electron chi connectivity index (χ2n) is 7.55. The highest BCUT2D eigenvalue weighted by Gasteiger charge is 2.22. The number of benzene rings is 3. The summed E-state index contributed by atoms with van der Waals surface area (Å²) in [7, 11) is -1.27. The highest BCUT2D eigenvalue weighted by Crippen LogP contribution is 2.33. The van der Waals surface area contributed by atoms with Gasteiger partial charge in [-0.25, -0.2) is 17.5 Å². The standard InChI is InChI=1S/C24H24ClFN2O6S/c1-14-4-7-19(26)17(10-14)24(30)18-11-15(25)5-8-20(18)28-23(29)13-27-35(31,32)16-6-9-21(33-2)22(12-16)34-3/h4-12,24,27,30H,13H2,1-3H3,(H,28,29). The molecular formula is C24H24ClFN2O6S. The minimum Gasteiger partial charge on any atom is -0.493 e. The second-order valence-corrected chi connectivity index (χ2v) is 9.75. The zero-order valence-electron chi connectivity index (χ0n) is 19.1. The molecule has 1 amide bonds. The minimum atomic E-state index is -4.06. The van der Waals surface area contributed by atoms with Crippen LogP contribution in [0.5, 0.6) is 11.5 Å². The van der Waals surface area contributed by atoms with Gasteiger partial charge in [-0.05, 0) is 43.3 Å². The number of carbonyl (C=O) groups excluding carboxylic acids is 1. The molecule has 0 radical (unpaired) electrons. The van der Waals surface area contributed by atoms with Crippen LogP contribution >= 0.6 is 11.6 Å². The lowest BCUT2D eigenvalue weighted by Crippen LogP contribution is -2.33. The highest BCUT2D eigenvalue weighted by molar-refractivity contribution is 7.89. The van der Waals surface area contributed by atoms with E-state index < -0.39 is 34.4 Å². The molecule has 11 heteroatoms. The van der Waals surface area contributed by atoms with Crippen molar-refractivity contribution in [1.82, 2.24) is 4.72 Å². The number of nitrogens with one attached hydrogen (secondary N) is 2. The van der Waals surface area contributed by atoms with Gasteiger partial charge < -0.3 is 19.9 Å². The molecule has 0 bridgehead atoms. The molecule has 0 aromatic heterocycles. The number of hydrogen-bond acceptors (Lipinski definition) is 6. The predicted octanol–water partition coefficient (Wildman–Crippen LogP) is 3.80. The number of aryl methyl sites for hydroxylation is 1. The molecule has 3 aromatic rings. The van der Waals surface area contributed by atoms with Gasteiger partial charge in [0.05, 0.1) is 25.7 Å². The number of hydrogen-bond donors (Lipinski definition) is 3. The summed E-state index contributed by atoms with van der Waals surface area (Å²) in [6.45, 7) is 1.15. The van der Waals surface area contributed by atoms with E-state index in [4.69, 9.17) is 21.1 Å². The summed E-state index contributed by atoms with van der Waals surface area (Å²) in [4.78, 5) is 12.4. The van der Waals surface area contributed by atoms with Gasteiger partial charge in [0.15, 0.2) is 11.5 Å². The van der Waals surface area contributed by atoms with Gasteiger partial charge in [-0.1, -0.05) is 29.3 Å². The molecule has 3 rings (SSSR count). The predicted molar refractivity (Wildman–Crippen MR) is 130 cm³/mol. The zero-order chi connectivity index (χ0) is 25.8. The summed E-state index contributed by atoms with van der Waals surface area (Å²) in [5, 5.41) is 13.6. The van der Waals surface area contributed by atoms with Gasteiger partial charge >= 0.3 is 0 Å². The van der Waals surface area contributed by atoms with E-state index in [1.54, 1.807) is 13.0 Å². The van der Waals surface area contributed by atoms with E-state index in [0.717, 1.165) is 5.56 Å². The van der Waals surface area contributed by atoms with Crippen LogP contribution in [0.25, 0.3) is 0 Å². The van der Waals surface area contributed by atoms with E-state index in [2.05, 4.69) is 10.0 Å². The number of halogens is 2. The lowest BCUT2D eigenvalue weighted by atomic mass is 9.98. The Kier molecular flexibility index (Phi) is 8.34. The first-order chi connectivity index (χ1) is 16.6. The molecule has 1 atom stereocenters. The first-order valence-electron chi connectivity index (χ1n) is 10.3. The van der Waals surface area contributed by atoms with Crippen LogP contribution in [0.15, 0.2) is 59.5 Å². The van der Waals surface area contributed by atoms with Crippen LogP contribution in [0.3, 0.4) is 0 Å². The van der Waals surface area contributed by atoms with Gasteiger partial charge in [0.2, 0.25) is 15.9 Å². The van der Waals surface area contributed by atoms with Gasteiger partial charge in [0.25, 0.3) is 0 Å². The smallest absolute Gasteiger partial charge is 0.241 e. The van der Waals surface area contributed by atoms with Crippen LogP contribution in [0.4, 0.5) is 10.1 Å². The normalized spacial score (nSPS) is 12.2. The third-order valence-corrected chi connectivity index (χ3v) is 6.75. The molecule has 0 aliphatic rings. The van der Waals surface area contributed by atoms with Crippen molar-refractivity contribution < 1.29 is 32.2 Å². The largest absolute Gasteiger partial charge is 0.493 e. The van der Waals surface area contributed by atoms with Crippen molar-refractivity contribution in [2.75, 3.05) is 26.1 Å². The molecule has 1 unspecified atom stereocenters. The third kappa shape index (κ3) is 6.29. The first-order valence-corrected chi connectivity index (χ1v) is 12.2. The quantitative estimate of drug-likeness (QED) is 0.394. The van der Waals surface area contributed by atoms with Gasteiger partial charge in [-0.3, -0.25) is 4.79 Å². The Bertz CT molecular complexity index is 1350. The zero-order valence-corrected chi connectivity index (χ0v) is 20.7. The van der Waals surface area contributed by atoms with Crippen LogP contribution in [0.2, 0.25) is 5.02 Å². The summed E-state index contributed by atoms with van der Waals surface area (Å²) in [5.41, 5.74) is 1.05. The van der Waals surface area contributed by atoms with Crippen molar-refractivity contribution in [3.05, 3.63) is 82.1 Å². The molecule has 8 nitrogen and oxygen atoms in total. The number of ether oxygens (including phenoxy) is 2. The average Bonchev–Trinajstić information content (AvgIpc) is 2.84. The molecule has 0 saturated carbocycles. The summed E-state index contributed by atoms with van der Waals surface area (Å²) in [6, 6.07) is 12.6. The Balaban J connectivity index is 1.78. The number of methoxy groups -OCH3 is 2. The molecule has 3 N–H and O–H groups in total. The number of aliphatic hydroxyl groups excluding tert-OH is 1. The van der Waals surface area contributed by atoms with Crippen molar-refractivity contribution in [2.45, 2.75) is 17.9 Å². The number of amides is 1. The van der Waals surface area contributed by atoms with E-state index in [9.17, 15) is 22.7 Å². The Labute approximate surface area is 207 Å². The second kappa shape index (κ2) is 11.0. The molecule has 35 heavy (non-hydrogen) atoms. The molecule has 0 aliphatic carbocycles. The van der Waals surface area contributed by atoms with Gasteiger partial charge in [-0.15, -0.1) is 0 Å². The number of rotatable bonds is 9. The molecule has 0 fully saturated rings. The van der Waals surface area contributed by atoms with Crippen molar-refractivity contribution in [1.29, 1.82) is 0 Å². The lowest BCUT2D eigenvalue weighted by Gasteiger charge is -2.18. The number of anilines is 1. The molecular weight excluding hydrogens is 499 g/mol. The maximum Gasteiger partial charge on any atom is 0.241 e. The van der Waals surface area contributed by atoms with E-state index in [1.807, 2.05) is 0 Å². The van der Waals surface area contributed by atoms with Gasteiger partial charge in [0, 0.05) is 27.9 Å². The van der Waals surface area contributed by atoms with E-state index in [-0.39, 0.29) is 32.5 Å². The summed E-state index contributed by atoms with van der Waals surface area (Å²) >= 11 is 6.06. The first kappa shape index (κ1) is 26.4. The van der Waals surface area contributed by atoms with Crippen molar-refractivity contribution in [3.8, 4) is 11.5 Å². The van der Waals surface area contributed by atoms with Gasteiger partial charge in [0.1, 0.15) is 11.9 Å². The molecule has 3 aromatic carbocycles. The van der Waals surface area contributed by atoms with Crippen molar-refractivity contribution >= 4 is 33.2 Å². The fourth-order valence-electron chi connectivity index (χ4n) is 3.34. The molecule has 0 aliphatic heterocycles. The number of sulfonamides is 1. The SMILES string of the molecule is COc1ccc(S(=O)(=O)NCC(=O)Nc2ccc(Cl)cc2C(O)c2cc(C)ccc2F)cc1OC. The van der Waals surface area contributed by atoms with Crippen molar-refractivity contribution in [2.24, 2.45) is 0 Å². The fraction of sp³-hybridized carbons (Fsp3) is 0.208.